The molecule has 3 aromatic rings. The zero-order chi connectivity index (χ0) is 19.6. The molecule has 1 amide bonds. The van der Waals surface area contributed by atoms with Crippen LogP contribution >= 0.6 is 0 Å². The average Bonchev–Trinajstić information content (AvgIpc) is 2.98. The Balaban J connectivity index is 1.73. The maximum atomic E-state index is 12.4. The molecule has 0 spiro atoms. The van der Waals surface area contributed by atoms with Crippen molar-refractivity contribution in [3.63, 3.8) is 0 Å². The lowest BCUT2D eigenvalue weighted by Gasteiger charge is -2.14. The number of carbonyl (C=O) groups excluding carboxylic acids is 1. The molecular formula is C20H20N2O5. The van der Waals surface area contributed by atoms with E-state index < -0.39 is 17.9 Å². The van der Waals surface area contributed by atoms with Crippen LogP contribution < -0.4 is 5.32 Å². The minimum absolute atomic E-state index is 0.0732. The van der Waals surface area contributed by atoms with E-state index in [0.717, 1.165) is 16.5 Å². The van der Waals surface area contributed by atoms with Crippen LogP contribution in [-0.4, -0.2) is 33.3 Å². The summed E-state index contributed by atoms with van der Waals surface area (Å²) in [5.74, 6) is -1.48. The van der Waals surface area contributed by atoms with Crippen LogP contribution in [0.3, 0.4) is 0 Å². The van der Waals surface area contributed by atoms with E-state index in [1.54, 1.807) is 12.1 Å². The number of phenols is 1. The molecule has 0 fully saturated rings. The molecule has 3 N–H and O–H groups in total. The van der Waals surface area contributed by atoms with Gasteiger partial charge in [0, 0.05) is 11.8 Å². The molecular weight excluding hydrogens is 348 g/mol. The molecule has 2 aromatic carbocycles. The van der Waals surface area contributed by atoms with Gasteiger partial charge in [-0.3, -0.25) is 4.79 Å². The maximum Gasteiger partial charge on any atom is 0.326 e. The molecule has 3 rings (SSSR count). The molecule has 0 aliphatic carbocycles. The molecule has 0 aliphatic rings. The highest BCUT2D eigenvalue weighted by molar-refractivity contribution is 5.90. The summed E-state index contributed by atoms with van der Waals surface area (Å²) in [4.78, 5) is 23.9. The molecule has 1 aromatic heterocycles. The Labute approximate surface area is 155 Å². The van der Waals surface area contributed by atoms with Gasteiger partial charge in [-0.1, -0.05) is 23.4 Å². The molecule has 27 heavy (non-hydrogen) atoms. The molecule has 140 valence electrons. The summed E-state index contributed by atoms with van der Waals surface area (Å²) >= 11 is 0. The summed E-state index contributed by atoms with van der Waals surface area (Å²) in [6.45, 7) is 3.86. The van der Waals surface area contributed by atoms with E-state index in [-0.39, 0.29) is 18.6 Å². The number of carboxylic acids is 1. The van der Waals surface area contributed by atoms with Crippen molar-refractivity contribution in [2.45, 2.75) is 32.7 Å². The molecule has 0 radical (unpaired) electrons. The van der Waals surface area contributed by atoms with Gasteiger partial charge in [-0.25, -0.2) is 4.79 Å². The predicted octanol–water partition coefficient (Wildman–Crippen LogP) is 2.50. The minimum Gasteiger partial charge on any atom is -0.508 e. The van der Waals surface area contributed by atoms with Gasteiger partial charge in [0.2, 0.25) is 5.91 Å². The molecule has 0 saturated heterocycles. The smallest absolute Gasteiger partial charge is 0.326 e. The molecule has 7 nitrogen and oxygen atoms in total. The molecule has 7 heteroatoms. The number of nitrogens with one attached hydrogen (secondary N) is 1. The number of phenolic OH excluding ortho intramolecular Hbond substituents is 1. The number of aromatic hydroxyl groups is 1. The van der Waals surface area contributed by atoms with Crippen LogP contribution in [-0.2, 0) is 22.4 Å². The fourth-order valence-electron chi connectivity index (χ4n) is 3.11. The number of benzene rings is 2. The zero-order valence-corrected chi connectivity index (χ0v) is 15.0. The number of hydrogen-bond donors (Lipinski definition) is 3. The molecule has 1 atom stereocenters. The van der Waals surface area contributed by atoms with Gasteiger partial charge in [-0.2, -0.15) is 0 Å². The zero-order valence-electron chi connectivity index (χ0n) is 15.0. The van der Waals surface area contributed by atoms with E-state index in [9.17, 15) is 19.8 Å². The predicted molar refractivity (Wildman–Crippen MR) is 98.6 cm³/mol. The first-order chi connectivity index (χ1) is 12.8. The van der Waals surface area contributed by atoms with Crippen LogP contribution in [0.1, 0.15) is 22.4 Å². The highest BCUT2D eigenvalue weighted by atomic mass is 16.5. The van der Waals surface area contributed by atoms with Gasteiger partial charge in [-0.05, 0) is 48.7 Å². The molecule has 0 bridgehead atoms. The monoisotopic (exact) mass is 368 g/mol. The lowest BCUT2D eigenvalue weighted by molar-refractivity contribution is -0.141. The Bertz CT molecular complexity index is 992. The van der Waals surface area contributed by atoms with Gasteiger partial charge in [-0.15, -0.1) is 0 Å². The van der Waals surface area contributed by atoms with E-state index in [0.29, 0.717) is 16.8 Å². The van der Waals surface area contributed by atoms with E-state index in [4.69, 9.17) is 4.52 Å². The summed E-state index contributed by atoms with van der Waals surface area (Å²) in [5, 5.41) is 26.0. The second-order valence-corrected chi connectivity index (χ2v) is 6.59. The van der Waals surface area contributed by atoms with E-state index in [1.165, 1.54) is 12.1 Å². The Morgan fingerprint density at radius 2 is 1.89 bits per heavy atom. The van der Waals surface area contributed by atoms with Crippen LogP contribution in [0.25, 0.3) is 11.0 Å². The highest BCUT2D eigenvalue weighted by Crippen LogP contribution is 2.24. The third-order valence-electron chi connectivity index (χ3n) is 4.32. The van der Waals surface area contributed by atoms with Crippen molar-refractivity contribution < 1.29 is 24.3 Å². The first-order valence-corrected chi connectivity index (χ1v) is 8.49. The van der Waals surface area contributed by atoms with Crippen molar-refractivity contribution in [2.24, 2.45) is 0 Å². The SMILES string of the molecule is Cc1cc(C)c2c(CC(=O)NC(Cc3ccc(O)cc3)C(=O)O)noc2c1. The van der Waals surface area contributed by atoms with Crippen molar-refractivity contribution in [1.29, 1.82) is 0 Å². The number of aryl methyl sites for hydroxylation is 2. The van der Waals surface area contributed by atoms with Gasteiger partial charge in [0.25, 0.3) is 0 Å². The van der Waals surface area contributed by atoms with Crippen LogP contribution in [0.15, 0.2) is 40.9 Å². The normalized spacial score (nSPS) is 12.1. The number of carbonyl (C=O) groups is 2. The van der Waals surface area contributed by atoms with Gasteiger partial charge < -0.3 is 20.1 Å². The van der Waals surface area contributed by atoms with Crippen LogP contribution in [0.2, 0.25) is 0 Å². The number of fused-ring (bicyclic) bond motifs is 1. The third-order valence-corrected chi connectivity index (χ3v) is 4.32. The third kappa shape index (κ3) is 4.25. The second-order valence-electron chi connectivity index (χ2n) is 6.59. The first kappa shape index (κ1) is 18.4. The van der Waals surface area contributed by atoms with Crippen molar-refractivity contribution in [3.05, 3.63) is 58.8 Å². The van der Waals surface area contributed by atoms with Gasteiger partial charge >= 0.3 is 5.97 Å². The molecule has 0 saturated carbocycles. The lowest BCUT2D eigenvalue weighted by atomic mass is 10.0. The van der Waals surface area contributed by atoms with Crippen molar-refractivity contribution in [3.8, 4) is 5.75 Å². The highest BCUT2D eigenvalue weighted by Gasteiger charge is 2.22. The van der Waals surface area contributed by atoms with Crippen LogP contribution in [0.5, 0.6) is 5.75 Å². The van der Waals surface area contributed by atoms with E-state index >= 15 is 0 Å². The number of carboxylic acid groups (broad SMARTS) is 1. The average molecular weight is 368 g/mol. The Kier molecular flexibility index (Phi) is 5.12. The van der Waals surface area contributed by atoms with Crippen LogP contribution in [0.4, 0.5) is 0 Å². The fraction of sp³-hybridized carbons (Fsp3) is 0.250. The number of aliphatic carboxylic acids is 1. The standard InChI is InChI=1S/C20H20N2O5/c1-11-7-12(2)19-15(22-27-17(19)8-11)10-18(24)21-16(20(25)26)9-13-3-5-14(23)6-4-13/h3-8,16,23H,9-10H2,1-2H3,(H,21,24)(H,25,26). The number of hydrogen-bond acceptors (Lipinski definition) is 5. The summed E-state index contributed by atoms with van der Waals surface area (Å²) in [6.07, 6.45) is 0.0371. The first-order valence-electron chi connectivity index (χ1n) is 8.49. The number of amides is 1. The maximum absolute atomic E-state index is 12.4. The Morgan fingerprint density at radius 3 is 2.56 bits per heavy atom. The molecule has 1 heterocycles. The van der Waals surface area contributed by atoms with Crippen LogP contribution in [0, 0.1) is 13.8 Å². The lowest BCUT2D eigenvalue weighted by Crippen LogP contribution is -2.43. The Morgan fingerprint density at radius 1 is 1.19 bits per heavy atom. The number of aromatic nitrogens is 1. The second kappa shape index (κ2) is 7.49. The topological polar surface area (TPSA) is 113 Å². The number of rotatable bonds is 6. The quantitative estimate of drug-likeness (QED) is 0.616. The van der Waals surface area contributed by atoms with Gasteiger partial charge in [0.15, 0.2) is 5.58 Å². The Hall–Kier alpha value is -3.35. The van der Waals surface area contributed by atoms with Gasteiger partial charge in [0.05, 0.1) is 6.42 Å². The van der Waals surface area contributed by atoms with E-state index in [1.807, 2.05) is 26.0 Å². The van der Waals surface area contributed by atoms with Crippen molar-refractivity contribution in [2.75, 3.05) is 0 Å². The molecule has 1 unspecified atom stereocenters. The summed E-state index contributed by atoms with van der Waals surface area (Å²) < 4.78 is 5.30. The van der Waals surface area contributed by atoms with Crippen molar-refractivity contribution >= 4 is 22.8 Å². The molecule has 0 aliphatic heterocycles. The minimum atomic E-state index is -1.13. The van der Waals surface area contributed by atoms with Gasteiger partial charge in [0.1, 0.15) is 17.5 Å². The summed E-state index contributed by atoms with van der Waals surface area (Å²) in [6, 6.07) is 8.93. The fourth-order valence-corrected chi connectivity index (χ4v) is 3.11. The summed E-state index contributed by atoms with van der Waals surface area (Å²) in [5.41, 5.74) is 3.77. The van der Waals surface area contributed by atoms with E-state index in [2.05, 4.69) is 10.5 Å². The largest absolute Gasteiger partial charge is 0.508 e. The van der Waals surface area contributed by atoms with Crippen molar-refractivity contribution in [1.82, 2.24) is 10.5 Å². The summed E-state index contributed by atoms with van der Waals surface area (Å²) in [7, 11) is 0. The number of nitrogens with zero attached hydrogens (tertiary/aromatic N) is 1.